The maximum Gasteiger partial charge on any atom is 0.317 e. The lowest BCUT2D eigenvalue weighted by Crippen LogP contribution is -2.52. The predicted octanol–water partition coefficient (Wildman–Crippen LogP) is 4.18. The lowest BCUT2D eigenvalue weighted by Gasteiger charge is -2.33. The Morgan fingerprint density at radius 1 is 0.909 bits per heavy atom. The van der Waals surface area contributed by atoms with E-state index in [9.17, 15) is 9.59 Å². The number of benzene rings is 1. The quantitative estimate of drug-likeness (QED) is 0.614. The molecule has 1 aromatic heterocycles. The molecule has 0 spiro atoms. The van der Waals surface area contributed by atoms with Crippen molar-refractivity contribution in [2.24, 2.45) is 0 Å². The van der Waals surface area contributed by atoms with Crippen LogP contribution in [-0.2, 0) is 6.54 Å². The number of para-hydroxylation sites is 1. The third-order valence-electron chi connectivity index (χ3n) is 6.26. The Kier molecular flexibility index (Phi) is 8.00. The maximum atomic E-state index is 12.5. The standard InChI is InChI=1S/C25H33N5O3/c31-24(28-20-7-3-1-4-8-20)29-21-13-15-30(16-14-21)25(32)27-18-19-11-12-23(26-17-19)33-22-9-5-2-6-10-22/h2,5-6,9-12,17,20-21H,1,3-4,7-8,13-16,18H2,(H,27,32)(H2,28,29,31). The van der Waals surface area contributed by atoms with Crippen molar-refractivity contribution in [1.82, 2.24) is 25.8 Å². The van der Waals surface area contributed by atoms with Crippen molar-refractivity contribution in [2.45, 2.75) is 63.6 Å². The highest BCUT2D eigenvalue weighted by molar-refractivity contribution is 5.75. The average molecular weight is 452 g/mol. The first kappa shape index (κ1) is 22.9. The molecule has 0 unspecified atom stereocenters. The monoisotopic (exact) mass is 451 g/mol. The number of nitrogens with zero attached hydrogens (tertiary/aromatic N) is 2. The van der Waals surface area contributed by atoms with Crippen molar-refractivity contribution in [1.29, 1.82) is 0 Å². The fraction of sp³-hybridized carbons (Fsp3) is 0.480. The van der Waals surface area contributed by atoms with Gasteiger partial charge < -0.3 is 25.6 Å². The molecule has 8 nitrogen and oxygen atoms in total. The summed E-state index contributed by atoms with van der Waals surface area (Å²) < 4.78 is 5.69. The number of amides is 4. The molecule has 176 valence electrons. The van der Waals surface area contributed by atoms with Crippen molar-refractivity contribution < 1.29 is 14.3 Å². The van der Waals surface area contributed by atoms with Gasteiger partial charge >= 0.3 is 12.1 Å². The van der Waals surface area contributed by atoms with Gasteiger partial charge in [-0.3, -0.25) is 0 Å². The minimum atomic E-state index is -0.0929. The fourth-order valence-electron chi connectivity index (χ4n) is 4.36. The van der Waals surface area contributed by atoms with E-state index >= 15 is 0 Å². The average Bonchev–Trinajstić information content (AvgIpc) is 2.85. The molecular weight excluding hydrogens is 418 g/mol. The van der Waals surface area contributed by atoms with Crippen LogP contribution < -0.4 is 20.7 Å². The minimum absolute atomic E-state index is 0.0722. The van der Waals surface area contributed by atoms with E-state index in [1.165, 1.54) is 19.3 Å². The number of ether oxygens (including phenoxy) is 1. The number of likely N-dealkylation sites (tertiary alicyclic amines) is 1. The molecule has 8 heteroatoms. The van der Waals surface area contributed by atoms with Crippen LogP contribution in [0.15, 0.2) is 48.7 Å². The Labute approximate surface area is 195 Å². The zero-order valence-corrected chi connectivity index (χ0v) is 19.0. The van der Waals surface area contributed by atoms with Crippen LogP contribution >= 0.6 is 0 Å². The zero-order valence-electron chi connectivity index (χ0n) is 19.0. The van der Waals surface area contributed by atoms with E-state index in [0.717, 1.165) is 37.0 Å². The van der Waals surface area contributed by atoms with Gasteiger partial charge in [0.1, 0.15) is 5.75 Å². The Morgan fingerprint density at radius 3 is 2.27 bits per heavy atom. The second-order valence-corrected chi connectivity index (χ2v) is 8.79. The van der Waals surface area contributed by atoms with Gasteiger partial charge in [0.05, 0.1) is 0 Å². The number of piperidine rings is 1. The van der Waals surface area contributed by atoms with Crippen LogP contribution in [0.4, 0.5) is 9.59 Å². The first-order valence-corrected chi connectivity index (χ1v) is 11.9. The maximum absolute atomic E-state index is 12.5. The third-order valence-corrected chi connectivity index (χ3v) is 6.26. The number of pyridine rings is 1. The molecule has 0 atom stereocenters. The van der Waals surface area contributed by atoms with Crippen LogP contribution in [0, 0.1) is 0 Å². The molecule has 2 heterocycles. The molecule has 4 amide bonds. The fourth-order valence-corrected chi connectivity index (χ4v) is 4.36. The largest absolute Gasteiger partial charge is 0.439 e. The predicted molar refractivity (Wildman–Crippen MR) is 126 cm³/mol. The van der Waals surface area contributed by atoms with Crippen LogP contribution in [0.3, 0.4) is 0 Å². The molecule has 3 N–H and O–H groups in total. The van der Waals surface area contributed by atoms with Crippen LogP contribution in [-0.4, -0.2) is 47.1 Å². The highest BCUT2D eigenvalue weighted by Crippen LogP contribution is 2.19. The highest BCUT2D eigenvalue weighted by atomic mass is 16.5. The molecule has 2 aliphatic rings. The zero-order chi connectivity index (χ0) is 22.9. The number of hydrogen-bond acceptors (Lipinski definition) is 4. The second kappa shape index (κ2) is 11.5. The summed E-state index contributed by atoms with van der Waals surface area (Å²) in [5.74, 6) is 1.24. The summed E-state index contributed by atoms with van der Waals surface area (Å²) in [5.41, 5.74) is 0.902. The van der Waals surface area contributed by atoms with Crippen LogP contribution in [0.25, 0.3) is 0 Å². The molecule has 1 aliphatic carbocycles. The highest BCUT2D eigenvalue weighted by Gasteiger charge is 2.24. The van der Waals surface area contributed by atoms with E-state index in [4.69, 9.17) is 4.74 Å². The smallest absolute Gasteiger partial charge is 0.317 e. The summed E-state index contributed by atoms with van der Waals surface area (Å²) in [6.07, 6.45) is 9.04. The molecule has 0 radical (unpaired) electrons. The van der Waals surface area contributed by atoms with E-state index in [1.807, 2.05) is 36.4 Å². The van der Waals surface area contributed by atoms with E-state index in [2.05, 4.69) is 20.9 Å². The Balaban J connectivity index is 1.14. The van der Waals surface area contributed by atoms with Gasteiger partial charge in [0, 0.05) is 44.0 Å². The molecule has 0 bridgehead atoms. The van der Waals surface area contributed by atoms with E-state index < -0.39 is 0 Å². The first-order chi connectivity index (χ1) is 16.2. The lowest BCUT2D eigenvalue weighted by atomic mass is 9.96. The van der Waals surface area contributed by atoms with Gasteiger partial charge in [-0.2, -0.15) is 0 Å². The Morgan fingerprint density at radius 2 is 1.61 bits per heavy atom. The van der Waals surface area contributed by atoms with Gasteiger partial charge in [-0.15, -0.1) is 0 Å². The summed E-state index contributed by atoms with van der Waals surface area (Å²) in [6, 6.07) is 13.4. The van der Waals surface area contributed by atoms with Crippen molar-refractivity contribution >= 4 is 12.1 Å². The molecule has 2 aromatic rings. The molecule has 1 aromatic carbocycles. The number of nitrogens with one attached hydrogen (secondary N) is 3. The van der Waals surface area contributed by atoms with Gasteiger partial charge in [0.15, 0.2) is 0 Å². The molecule has 1 saturated heterocycles. The summed E-state index contributed by atoms with van der Waals surface area (Å²) >= 11 is 0. The summed E-state index contributed by atoms with van der Waals surface area (Å²) in [7, 11) is 0. The van der Waals surface area contributed by atoms with Crippen molar-refractivity contribution in [3.8, 4) is 11.6 Å². The van der Waals surface area contributed by atoms with E-state index in [0.29, 0.717) is 31.6 Å². The van der Waals surface area contributed by atoms with Gasteiger partial charge in [-0.05, 0) is 43.4 Å². The molecule has 33 heavy (non-hydrogen) atoms. The number of carbonyl (C=O) groups is 2. The molecule has 2 fully saturated rings. The van der Waals surface area contributed by atoms with E-state index in [1.54, 1.807) is 17.2 Å². The number of aromatic nitrogens is 1. The SMILES string of the molecule is O=C(NC1CCCCC1)NC1CCN(C(=O)NCc2ccc(Oc3ccccc3)nc2)CC1. The molecule has 1 saturated carbocycles. The topological polar surface area (TPSA) is 95.6 Å². The van der Waals surface area contributed by atoms with Gasteiger partial charge in [-0.25, -0.2) is 14.6 Å². The van der Waals surface area contributed by atoms with Crippen molar-refractivity contribution in [3.63, 3.8) is 0 Å². The summed E-state index contributed by atoms with van der Waals surface area (Å²) in [6.45, 7) is 1.66. The summed E-state index contributed by atoms with van der Waals surface area (Å²) in [4.78, 5) is 30.9. The normalized spacial score (nSPS) is 17.3. The number of rotatable bonds is 6. The molecule has 1 aliphatic heterocycles. The number of urea groups is 2. The van der Waals surface area contributed by atoms with Crippen LogP contribution in [0.5, 0.6) is 11.6 Å². The molecule has 4 rings (SSSR count). The van der Waals surface area contributed by atoms with Crippen LogP contribution in [0.2, 0.25) is 0 Å². The third kappa shape index (κ3) is 7.10. The van der Waals surface area contributed by atoms with Crippen LogP contribution in [0.1, 0.15) is 50.5 Å². The van der Waals surface area contributed by atoms with Crippen molar-refractivity contribution in [2.75, 3.05) is 13.1 Å². The van der Waals surface area contributed by atoms with E-state index in [-0.39, 0.29) is 18.1 Å². The van der Waals surface area contributed by atoms with Gasteiger partial charge in [-0.1, -0.05) is 43.5 Å². The second-order valence-electron chi connectivity index (χ2n) is 8.79. The lowest BCUT2D eigenvalue weighted by molar-refractivity contribution is 0.175. The first-order valence-electron chi connectivity index (χ1n) is 11.9. The molecular formula is C25H33N5O3. The Hall–Kier alpha value is -3.29. The van der Waals surface area contributed by atoms with Gasteiger partial charge in [0.25, 0.3) is 0 Å². The number of hydrogen-bond donors (Lipinski definition) is 3. The Bertz CT molecular complexity index is 892. The number of carbonyl (C=O) groups excluding carboxylic acids is 2. The minimum Gasteiger partial charge on any atom is -0.439 e. The van der Waals surface area contributed by atoms with Gasteiger partial charge in [0.2, 0.25) is 5.88 Å². The summed E-state index contributed by atoms with van der Waals surface area (Å²) in [5, 5.41) is 9.13. The van der Waals surface area contributed by atoms with Crippen molar-refractivity contribution in [3.05, 3.63) is 54.2 Å².